The largest absolute Gasteiger partial charge is 0.495 e. The Morgan fingerprint density at radius 1 is 1.50 bits per heavy atom. The van der Waals surface area contributed by atoms with Crippen molar-refractivity contribution in [2.75, 3.05) is 12.8 Å². The minimum atomic E-state index is -1.17. The van der Waals surface area contributed by atoms with Crippen molar-refractivity contribution in [1.82, 2.24) is 9.78 Å². The summed E-state index contributed by atoms with van der Waals surface area (Å²) in [6.07, 6.45) is 3.56. The molecule has 0 aliphatic rings. The number of methoxy groups -OCH3 is 1. The monoisotopic (exact) mass is 265 g/mol. The van der Waals surface area contributed by atoms with Crippen molar-refractivity contribution >= 4 is 16.5 Å². The first-order valence-corrected chi connectivity index (χ1v) is 6.71. The maximum absolute atomic E-state index is 12.3. The van der Waals surface area contributed by atoms with E-state index in [4.69, 9.17) is 10.5 Å². The number of nitrogen functional groups attached to an aromatic ring is 1. The lowest BCUT2D eigenvalue weighted by Gasteiger charge is -2.08. The number of ether oxygens (including phenoxy) is 1. The number of rotatable bonds is 4. The van der Waals surface area contributed by atoms with E-state index in [1.54, 1.807) is 36.2 Å². The third-order valence-electron chi connectivity index (χ3n) is 2.49. The number of anilines is 1. The summed E-state index contributed by atoms with van der Waals surface area (Å²) in [4.78, 5) is 0.649. The number of hydrogen-bond acceptors (Lipinski definition) is 4. The Balaban J connectivity index is 2.23. The number of hydrogen-bond donors (Lipinski definition) is 1. The van der Waals surface area contributed by atoms with Crippen LogP contribution in [0.1, 0.15) is 5.56 Å². The summed E-state index contributed by atoms with van der Waals surface area (Å²) in [6, 6.07) is 5.14. The van der Waals surface area contributed by atoms with Crippen LogP contribution in [0, 0.1) is 0 Å². The quantitative estimate of drug-likeness (QED) is 0.846. The average molecular weight is 265 g/mol. The summed E-state index contributed by atoms with van der Waals surface area (Å²) in [7, 11) is 2.20. The highest BCUT2D eigenvalue weighted by molar-refractivity contribution is 7.84. The second-order valence-corrected chi connectivity index (χ2v) is 5.34. The Hall–Kier alpha value is -1.82. The summed E-state index contributed by atoms with van der Waals surface area (Å²) in [6.45, 7) is 0. The van der Waals surface area contributed by atoms with Crippen molar-refractivity contribution in [1.29, 1.82) is 0 Å². The zero-order valence-corrected chi connectivity index (χ0v) is 11.1. The van der Waals surface area contributed by atoms with E-state index in [-0.39, 0.29) is 0 Å². The van der Waals surface area contributed by atoms with Crippen molar-refractivity contribution in [2.24, 2.45) is 7.05 Å². The molecule has 2 N–H and O–H groups in total. The molecule has 1 atom stereocenters. The van der Waals surface area contributed by atoms with Gasteiger partial charge in [0.15, 0.2) is 0 Å². The number of benzene rings is 1. The molecule has 6 heteroatoms. The highest BCUT2D eigenvalue weighted by Gasteiger charge is 2.12. The van der Waals surface area contributed by atoms with Crippen LogP contribution in [-0.4, -0.2) is 21.1 Å². The Bertz CT molecular complexity index is 580. The van der Waals surface area contributed by atoms with Crippen LogP contribution in [0.2, 0.25) is 0 Å². The molecule has 1 heterocycles. The second kappa shape index (κ2) is 5.22. The molecule has 5 nitrogen and oxygen atoms in total. The first-order valence-electron chi connectivity index (χ1n) is 5.39. The first-order chi connectivity index (χ1) is 8.60. The van der Waals surface area contributed by atoms with Gasteiger partial charge in [-0.15, -0.1) is 0 Å². The van der Waals surface area contributed by atoms with Gasteiger partial charge in [-0.3, -0.25) is 8.89 Å². The van der Waals surface area contributed by atoms with Gasteiger partial charge in [0.05, 0.1) is 34.8 Å². The predicted octanol–water partition coefficient (Wildman–Crippen LogP) is 1.32. The smallest absolute Gasteiger partial charge is 0.137 e. The lowest BCUT2D eigenvalue weighted by Crippen LogP contribution is -2.00. The van der Waals surface area contributed by atoms with Gasteiger partial charge in [0.1, 0.15) is 5.75 Å². The fraction of sp³-hybridized carbons (Fsp3) is 0.250. The standard InChI is InChI=1S/C12H15N3O2S/c1-15-7-9(6-14-15)8-18(16)12-4-3-10(13)5-11(12)17-2/h3-7H,8,13H2,1-2H3. The van der Waals surface area contributed by atoms with Crippen LogP contribution in [0.5, 0.6) is 5.75 Å². The zero-order valence-electron chi connectivity index (χ0n) is 10.3. The van der Waals surface area contributed by atoms with Gasteiger partial charge in [-0.2, -0.15) is 5.10 Å². The Labute approximate surface area is 108 Å². The molecule has 0 amide bonds. The molecule has 2 rings (SSSR count). The molecule has 0 aliphatic heterocycles. The van der Waals surface area contributed by atoms with Crippen molar-refractivity contribution in [2.45, 2.75) is 10.6 Å². The van der Waals surface area contributed by atoms with Crippen molar-refractivity contribution in [3.63, 3.8) is 0 Å². The van der Waals surface area contributed by atoms with Gasteiger partial charge in [0.25, 0.3) is 0 Å². The molecule has 0 saturated heterocycles. The molecule has 0 radical (unpaired) electrons. The van der Waals surface area contributed by atoms with Crippen LogP contribution in [0.15, 0.2) is 35.5 Å². The number of nitrogens with two attached hydrogens (primary N) is 1. The van der Waals surface area contributed by atoms with Crippen molar-refractivity contribution in [3.8, 4) is 5.75 Å². The van der Waals surface area contributed by atoms with Gasteiger partial charge in [-0.05, 0) is 12.1 Å². The molecule has 0 spiro atoms. The first kappa shape index (κ1) is 12.6. The Kier molecular flexibility index (Phi) is 3.66. The molecule has 1 unspecified atom stereocenters. The molecule has 0 bridgehead atoms. The average Bonchev–Trinajstić information content (AvgIpc) is 2.74. The van der Waals surface area contributed by atoms with Gasteiger partial charge in [0, 0.05) is 30.6 Å². The minimum absolute atomic E-state index is 0.411. The van der Waals surface area contributed by atoms with Crippen LogP contribution in [-0.2, 0) is 23.6 Å². The maximum atomic E-state index is 12.3. The van der Waals surface area contributed by atoms with Gasteiger partial charge >= 0.3 is 0 Å². The van der Waals surface area contributed by atoms with Gasteiger partial charge < -0.3 is 10.5 Å². The molecular weight excluding hydrogens is 250 g/mol. The molecule has 0 fully saturated rings. The highest BCUT2D eigenvalue weighted by Crippen LogP contribution is 2.26. The fourth-order valence-corrected chi connectivity index (χ4v) is 2.84. The van der Waals surface area contributed by atoms with Gasteiger partial charge in [0.2, 0.25) is 0 Å². The normalized spacial score (nSPS) is 12.3. The number of aryl methyl sites for hydroxylation is 1. The zero-order chi connectivity index (χ0) is 13.1. The summed E-state index contributed by atoms with van der Waals surface area (Å²) < 4.78 is 19.2. The molecule has 2 aromatic rings. The third-order valence-corrected chi connectivity index (χ3v) is 3.91. The molecular formula is C12H15N3O2S. The third kappa shape index (κ3) is 2.70. The Morgan fingerprint density at radius 3 is 2.89 bits per heavy atom. The number of aromatic nitrogens is 2. The lowest BCUT2D eigenvalue weighted by molar-refractivity contribution is 0.404. The minimum Gasteiger partial charge on any atom is -0.495 e. The molecule has 0 aliphatic carbocycles. The summed E-state index contributed by atoms with van der Waals surface area (Å²) in [5.74, 6) is 0.964. The van der Waals surface area contributed by atoms with Gasteiger partial charge in [-0.25, -0.2) is 0 Å². The summed E-state index contributed by atoms with van der Waals surface area (Å²) in [5.41, 5.74) is 7.18. The van der Waals surface area contributed by atoms with Crippen molar-refractivity contribution < 1.29 is 8.95 Å². The second-order valence-electron chi connectivity index (χ2n) is 3.92. The summed E-state index contributed by atoms with van der Waals surface area (Å²) >= 11 is 0. The molecule has 1 aromatic carbocycles. The van der Waals surface area contributed by atoms with E-state index in [1.807, 2.05) is 13.2 Å². The van der Waals surface area contributed by atoms with Crippen molar-refractivity contribution in [3.05, 3.63) is 36.2 Å². The Morgan fingerprint density at radius 2 is 2.28 bits per heavy atom. The molecule has 1 aromatic heterocycles. The SMILES string of the molecule is COc1cc(N)ccc1S(=O)Cc1cnn(C)c1. The van der Waals surface area contributed by atoms with Crippen LogP contribution in [0.3, 0.4) is 0 Å². The summed E-state index contributed by atoms with van der Waals surface area (Å²) in [5, 5.41) is 4.05. The van der Waals surface area contributed by atoms with E-state index in [0.717, 1.165) is 5.56 Å². The molecule has 18 heavy (non-hydrogen) atoms. The van der Waals surface area contributed by atoms with Crippen LogP contribution >= 0.6 is 0 Å². The van der Waals surface area contributed by atoms with Crippen LogP contribution in [0.4, 0.5) is 5.69 Å². The van der Waals surface area contributed by atoms with Gasteiger partial charge in [-0.1, -0.05) is 0 Å². The topological polar surface area (TPSA) is 70.1 Å². The number of nitrogens with zero attached hydrogens (tertiary/aromatic N) is 2. The van der Waals surface area contributed by atoms with Crippen LogP contribution < -0.4 is 10.5 Å². The van der Waals surface area contributed by atoms with Crippen LogP contribution in [0.25, 0.3) is 0 Å². The molecule has 96 valence electrons. The van der Waals surface area contributed by atoms with E-state index in [9.17, 15) is 4.21 Å². The molecule has 0 saturated carbocycles. The van der Waals surface area contributed by atoms with E-state index < -0.39 is 10.8 Å². The maximum Gasteiger partial charge on any atom is 0.137 e. The predicted molar refractivity (Wildman–Crippen MR) is 70.7 cm³/mol. The lowest BCUT2D eigenvalue weighted by atomic mass is 10.3. The van der Waals surface area contributed by atoms with E-state index in [2.05, 4.69) is 5.10 Å². The highest BCUT2D eigenvalue weighted by atomic mass is 32.2. The van der Waals surface area contributed by atoms with E-state index in [0.29, 0.717) is 22.1 Å². The van der Waals surface area contributed by atoms with E-state index in [1.165, 1.54) is 0 Å². The van der Waals surface area contributed by atoms with E-state index >= 15 is 0 Å². The fourth-order valence-electron chi connectivity index (χ4n) is 1.65.